The normalized spacial score (nSPS) is 28.9. The van der Waals surface area contributed by atoms with E-state index in [1.807, 2.05) is 6.08 Å². The number of Topliss-reactive ketones (excluding diaryl/α,β-unsaturated/α-hetero) is 1. The van der Waals surface area contributed by atoms with Gasteiger partial charge in [-0.3, -0.25) is 19.2 Å². The summed E-state index contributed by atoms with van der Waals surface area (Å²) in [7, 11) is 0. The Balaban J connectivity index is 0.929. The van der Waals surface area contributed by atoms with Gasteiger partial charge in [0.25, 0.3) is 0 Å². The first-order valence-electron chi connectivity index (χ1n) is 17.8. The second-order valence-electron chi connectivity index (χ2n) is 14.7. The smallest absolute Gasteiger partial charge is 0.332 e. The highest BCUT2D eigenvalue weighted by atomic mass is 16.6. The Bertz CT molecular complexity index is 1450. The molecular formula is C38H51NO10. The molecule has 1 aromatic rings. The number of carbonyl (C=O) groups is 5. The average Bonchev–Trinajstić information content (AvgIpc) is 3.41. The third-order valence-electron chi connectivity index (χ3n) is 12.0. The molecule has 0 bridgehead atoms. The fourth-order valence-corrected chi connectivity index (χ4v) is 9.26. The third kappa shape index (κ3) is 8.15. The summed E-state index contributed by atoms with van der Waals surface area (Å²) in [6, 6.07) is 2.82. The minimum Gasteiger partial charge on any atom is -0.505 e. The van der Waals surface area contributed by atoms with Crippen LogP contribution in [0.4, 0.5) is 5.69 Å². The molecule has 6 atom stereocenters. The molecule has 11 heteroatoms. The average molecular weight is 682 g/mol. The van der Waals surface area contributed by atoms with Crippen molar-refractivity contribution in [2.45, 2.75) is 104 Å². The van der Waals surface area contributed by atoms with Crippen molar-refractivity contribution in [2.75, 3.05) is 31.7 Å². The van der Waals surface area contributed by atoms with Gasteiger partial charge in [-0.25, -0.2) is 4.79 Å². The number of amides is 1. The number of rotatable bonds is 16. The number of fused-ring (bicyclic) bond motifs is 5. The minimum absolute atomic E-state index is 0.0227. The third-order valence-corrected chi connectivity index (χ3v) is 12.0. The SMILES string of the molecule is CC12CCC(=O)C=C1CCC1C2CCC2(C)C(OC(=O)COCCOCCCC(=O)CCC(=O)Nc3ccc(CO)c(C=O)c3O)CCC12. The molecule has 0 spiro atoms. The van der Waals surface area contributed by atoms with Crippen molar-refractivity contribution < 1.29 is 48.4 Å². The molecule has 1 aromatic carbocycles. The van der Waals surface area contributed by atoms with E-state index in [-0.39, 0.29) is 90.4 Å². The van der Waals surface area contributed by atoms with Crippen LogP contribution in [0.15, 0.2) is 23.8 Å². The molecule has 4 aliphatic rings. The standard InChI is InChI=1S/C38H51NO10/c1-37-15-13-27(43)20-25(37)6-8-28-30-9-11-33(38(30,2)16-14-31(28)37)49-35(45)23-48-19-18-47-17-3-4-26(42)7-12-34(44)39-32-10-5-24(21-40)29(22-41)36(32)46/h5,10,20,22,28,30-31,33,40,46H,3-4,6-9,11-19,21,23H2,1-2H3,(H,39,44). The van der Waals surface area contributed by atoms with Crippen molar-refractivity contribution in [1.82, 2.24) is 0 Å². The number of nitrogens with one attached hydrogen (secondary N) is 1. The van der Waals surface area contributed by atoms with Crippen LogP contribution in [-0.2, 0) is 40.0 Å². The predicted molar refractivity (Wildman–Crippen MR) is 180 cm³/mol. The van der Waals surface area contributed by atoms with Crippen LogP contribution in [0.25, 0.3) is 0 Å². The van der Waals surface area contributed by atoms with Crippen LogP contribution in [0.1, 0.15) is 107 Å². The molecular weight excluding hydrogens is 630 g/mol. The van der Waals surface area contributed by atoms with Gasteiger partial charge < -0.3 is 29.7 Å². The predicted octanol–water partition coefficient (Wildman–Crippen LogP) is 5.24. The van der Waals surface area contributed by atoms with Crippen LogP contribution < -0.4 is 5.32 Å². The second kappa shape index (κ2) is 16.1. The summed E-state index contributed by atoms with van der Waals surface area (Å²) in [4.78, 5) is 60.5. The van der Waals surface area contributed by atoms with Gasteiger partial charge in [-0.2, -0.15) is 0 Å². The zero-order valence-electron chi connectivity index (χ0n) is 28.8. The summed E-state index contributed by atoms with van der Waals surface area (Å²) < 4.78 is 17.1. The number of anilines is 1. The number of phenols is 1. The van der Waals surface area contributed by atoms with Crippen LogP contribution in [-0.4, -0.2) is 72.5 Å². The number of aliphatic hydroxyl groups excluding tert-OH is 1. The molecule has 6 unspecified atom stereocenters. The molecule has 3 fully saturated rings. The van der Waals surface area contributed by atoms with E-state index in [0.29, 0.717) is 43.5 Å². The molecule has 268 valence electrons. The van der Waals surface area contributed by atoms with Crippen molar-refractivity contribution in [1.29, 1.82) is 0 Å². The number of ketones is 2. The Kier molecular flexibility index (Phi) is 12.1. The zero-order valence-corrected chi connectivity index (χ0v) is 28.8. The molecule has 0 heterocycles. The number of aldehydes is 1. The molecule has 3 N–H and O–H groups in total. The first-order valence-corrected chi connectivity index (χ1v) is 17.8. The van der Waals surface area contributed by atoms with E-state index in [1.54, 1.807) is 0 Å². The lowest BCUT2D eigenvalue weighted by Crippen LogP contribution is -2.51. The van der Waals surface area contributed by atoms with Crippen molar-refractivity contribution in [3.8, 4) is 5.75 Å². The van der Waals surface area contributed by atoms with Gasteiger partial charge in [0.05, 0.1) is 31.1 Å². The van der Waals surface area contributed by atoms with Gasteiger partial charge in [0.1, 0.15) is 24.2 Å². The maximum absolute atomic E-state index is 12.7. The van der Waals surface area contributed by atoms with E-state index in [2.05, 4.69) is 19.2 Å². The maximum atomic E-state index is 12.7. The first-order chi connectivity index (χ1) is 23.5. The summed E-state index contributed by atoms with van der Waals surface area (Å²) in [5.41, 5.74) is 1.65. The molecule has 4 aliphatic carbocycles. The van der Waals surface area contributed by atoms with E-state index in [4.69, 9.17) is 14.2 Å². The summed E-state index contributed by atoms with van der Waals surface area (Å²) in [5, 5.41) is 21.9. The van der Waals surface area contributed by atoms with Crippen molar-refractivity contribution in [2.24, 2.45) is 28.6 Å². The molecule has 1 amide bonds. The van der Waals surface area contributed by atoms with Gasteiger partial charge >= 0.3 is 5.97 Å². The lowest BCUT2D eigenvalue weighted by Gasteiger charge is -2.57. The van der Waals surface area contributed by atoms with Crippen molar-refractivity contribution in [3.63, 3.8) is 0 Å². The fraction of sp³-hybridized carbons (Fsp3) is 0.658. The lowest BCUT2D eigenvalue weighted by atomic mass is 9.47. The van der Waals surface area contributed by atoms with E-state index in [9.17, 15) is 34.2 Å². The van der Waals surface area contributed by atoms with Gasteiger partial charge in [-0.05, 0) is 92.2 Å². The molecule has 5 rings (SSSR count). The van der Waals surface area contributed by atoms with Crippen LogP contribution in [0.3, 0.4) is 0 Å². The quantitative estimate of drug-likeness (QED) is 0.0909. The Morgan fingerprint density at radius 2 is 1.76 bits per heavy atom. The highest BCUT2D eigenvalue weighted by Gasteiger charge is 2.60. The Labute approximate surface area is 288 Å². The van der Waals surface area contributed by atoms with Crippen LogP contribution in [0.5, 0.6) is 5.75 Å². The monoisotopic (exact) mass is 681 g/mol. The van der Waals surface area contributed by atoms with Crippen LogP contribution >= 0.6 is 0 Å². The minimum atomic E-state index is -0.480. The number of carbonyl (C=O) groups excluding carboxylic acids is 5. The summed E-state index contributed by atoms with van der Waals surface area (Å²) in [5.74, 6) is 0.653. The number of esters is 1. The molecule has 11 nitrogen and oxygen atoms in total. The van der Waals surface area contributed by atoms with Crippen molar-refractivity contribution in [3.05, 3.63) is 34.9 Å². The number of ether oxygens (including phenoxy) is 3. The van der Waals surface area contributed by atoms with E-state index in [1.165, 1.54) is 17.7 Å². The molecule has 0 saturated heterocycles. The highest BCUT2D eigenvalue weighted by molar-refractivity contribution is 5.97. The Hall–Kier alpha value is -3.41. The topological polar surface area (TPSA) is 166 Å². The zero-order chi connectivity index (χ0) is 35.2. The molecule has 0 aliphatic heterocycles. The fourth-order valence-electron chi connectivity index (χ4n) is 9.26. The molecule has 0 aromatic heterocycles. The van der Waals surface area contributed by atoms with Gasteiger partial charge in [-0.1, -0.05) is 25.5 Å². The number of phenolic OH excluding ortho intramolecular Hbond substituents is 1. The summed E-state index contributed by atoms with van der Waals surface area (Å²) in [6.07, 6.45) is 10.7. The van der Waals surface area contributed by atoms with Gasteiger partial charge in [0, 0.05) is 37.7 Å². The summed E-state index contributed by atoms with van der Waals surface area (Å²) >= 11 is 0. The van der Waals surface area contributed by atoms with E-state index >= 15 is 0 Å². The largest absolute Gasteiger partial charge is 0.505 e. The van der Waals surface area contributed by atoms with Gasteiger partial charge in [0.15, 0.2) is 12.1 Å². The van der Waals surface area contributed by atoms with Crippen molar-refractivity contribution >= 4 is 35.4 Å². The highest BCUT2D eigenvalue weighted by Crippen LogP contribution is 2.65. The van der Waals surface area contributed by atoms with E-state index < -0.39 is 18.3 Å². The van der Waals surface area contributed by atoms with Gasteiger partial charge in [-0.15, -0.1) is 0 Å². The number of benzene rings is 1. The molecule has 0 radical (unpaired) electrons. The Morgan fingerprint density at radius 1 is 0.959 bits per heavy atom. The number of hydrogen-bond acceptors (Lipinski definition) is 10. The molecule has 49 heavy (non-hydrogen) atoms. The lowest BCUT2D eigenvalue weighted by molar-refractivity contribution is -0.165. The number of aliphatic hydroxyl groups is 1. The first kappa shape index (κ1) is 36.9. The number of aromatic hydroxyl groups is 1. The second-order valence-corrected chi connectivity index (χ2v) is 14.7. The van der Waals surface area contributed by atoms with E-state index in [0.717, 1.165) is 44.9 Å². The van der Waals surface area contributed by atoms with Crippen LogP contribution in [0, 0.1) is 28.6 Å². The molecule has 3 saturated carbocycles. The number of allylic oxidation sites excluding steroid dienone is 1. The Morgan fingerprint density at radius 3 is 2.53 bits per heavy atom. The maximum Gasteiger partial charge on any atom is 0.332 e. The van der Waals surface area contributed by atoms with Gasteiger partial charge in [0.2, 0.25) is 5.91 Å². The summed E-state index contributed by atoms with van der Waals surface area (Å²) in [6.45, 7) is 4.97. The van der Waals surface area contributed by atoms with Crippen LogP contribution in [0.2, 0.25) is 0 Å². The number of hydrogen-bond donors (Lipinski definition) is 3.